The van der Waals surface area contributed by atoms with Crippen molar-refractivity contribution in [2.45, 2.75) is 39.3 Å². The van der Waals surface area contributed by atoms with Crippen molar-refractivity contribution in [3.8, 4) is 0 Å². The largest absolute Gasteiger partial charge is 0.447 e. The van der Waals surface area contributed by atoms with Crippen LogP contribution in [0.5, 0.6) is 0 Å². The summed E-state index contributed by atoms with van der Waals surface area (Å²) >= 11 is 0. The highest BCUT2D eigenvalue weighted by Crippen LogP contribution is 2.27. The quantitative estimate of drug-likeness (QED) is 0.891. The summed E-state index contributed by atoms with van der Waals surface area (Å²) in [6.07, 6.45) is -0.558. The zero-order valence-corrected chi connectivity index (χ0v) is 15.8. The molecule has 2 fully saturated rings. The van der Waals surface area contributed by atoms with Crippen molar-refractivity contribution in [2.24, 2.45) is 5.92 Å². The van der Waals surface area contributed by atoms with E-state index in [1.807, 2.05) is 45.0 Å². The number of anilines is 2. The minimum Gasteiger partial charge on any atom is -0.447 e. The topological polar surface area (TPSA) is 71.1 Å². The van der Waals surface area contributed by atoms with Crippen LogP contribution in [0, 0.1) is 5.92 Å². The minimum absolute atomic E-state index is 0.203. The molecule has 2 aliphatic rings. The van der Waals surface area contributed by atoms with Gasteiger partial charge in [0.2, 0.25) is 0 Å². The molecule has 2 amide bonds. The molecule has 0 spiro atoms. The Morgan fingerprint density at radius 1 is 1.35 bits per heavy atom. The van der Waals surface area contributed by atoms with Crippen molar-refractivity contribution in [2.75, 3.05) is 36.5 Å². The highest BCUT2D eigenvalue weighted by Gasteiger charge is 2.36. The number of hydrogen-bond donors (Lipinski definition) is 1. The van der Waals surface area contributed by atoms with Gasteiger partial charge in [-0.1, -0.05) is 6.07 Å². The van der Waals surface area contributed by atoms with Crippen LogP contribution in [-0.4, -0.2) is 55.0 Å². The van der Waals surface area contributed by atoms with Crippen LogP contribution in [0.15, 0.2) is 24.3 Å². The number of likely N-dealkylation sites (tertiary alicyclic amines) is 1. The molecule has 3 rings (SSSR count). The van der Waals surface area contributed by atoms with E-state index in [0.717, 1.165) is 11.4 Å². The summed E-state index contributed by atoms with van der Waals surface area (Å²) in [5, 5.41) is 3.47. The zero-order chi connectivity index (χ0) is 18.9. The first-order chi connectivity index (χ1) is 12.2. The minimum atomic E-state index is -0.469. The first-order valence-corrected chi connectivity index (χ1v) is 9.02. The molecule has 1 atom stereocenters. The van der Waals surface area contributed by atoms with Crippen LogP contribution in [0.25, 0.3) is 0 Å². The summed E-state index contributed by atoms with van der Waals surface area (Å²) in [6, 6.07) is 7.95. The predicted octanol–water partition coefficient (Wildman–Crippen LogP) is 3.31. The molecule has 0 aromatic heterocycles. The Bertz CT molecular complexity index is 680. The molecule has 2 heterocycles. The Balaban J connectivity index is 1.52. The van der Waals surface area contributed by atoms with E-state index in [1.54, 1.807) is 9.80 Å². The van der Waals surface area contributed by atoms with Gasteiger partial charge in [-0.2, -0.15) is 0 Å². The maximum atomic E-state index is 12.0. The molecule has 0 bridgehead atoms. The third-order valence-corrected chi connectivity index (χ3v) is 4.58. The lowest BCUT2D eigenvalue weighted by molar-refractivity contribution is -0.00280. The van der Waals surface area contributed by atoms with Gasteiger partial charge in [-0.15, -0.1) is 0 Å². The van der Waals surface area contributed by atoms with Gasteiger partial charge in [0.15, 0.2) is 0 Å². The Morgan fingerprint density at radius 2 is 2.08 bits per heavy atom. The van der Waals surface area contributed by atoms with Crippen molar-refractivity contribution in [1.29, 1.82) is 0 Å². The van der Waals surface area contributed by atoms with Crippen LogP contribution in [0.2, 0.25) is 0 Å². The average molecular weight is 361 g/mol. The first-order valence-electron chi connectivity index (χ1n) is 9.02. The maximum Gasteiger partial charge on any atom is 0.414 e. The van der Waals surface area contributed by atoms with Crippen molar-refractivity contribution < 1.29 is 19.1 Å². The van der Waals surface area contributed by atoms with Crippen LogP contribution >= 0.6 is 0 Å². The molecule has 0 radical (unpaired) electrons. The second kappa shape index (κ2) is 7.05. The lowest BCUT2D eigenvalue weighted by Gasteiger charge is -2.43. The number of benzene rings is 1. The third kappa shape index (κ3) is 4.20. The highest BCUT2D eigenvalue weighted by atomic mass is 16.6. The van der Waals surface area contributed by atoms with E-state index in [-0.39, 0.29) is 18.2 Å². The molecular formula is C19H27N3O4. The summed E-state index contributed by atoms with van der Waals surface area (Å²) < 4.78 is 10.4. The van der Waals surface area contributed by atoms with Crippen LogP contribution in [0.4, 0.5) is 21.0 Å². The van der Waals surface area contributed by atoms with Crippen LogP contribution in [0.1, 0.15) is 27.7 Å². The fourth-order valence-corrected chi connectivity index (χ4v) is 3.08. The van der Waals surface area contributed by atoms with Gasteiger partial charge < -0.3 is 19.7 Å². The van der Waals surface area contributed by atoms with Gasteiger partial charge >= 0.3 is 12.2 Å². The molecular weight excluding hydrogens is 334 g/mol. The van der Waals surface area contributed by atoms with E-state index in [2.05, 4.69) is 12.2 Å². The van der Waals surface area contributed by atoms with Gasteiger partial charge in [0, 0.05) is 36.4 Å². The standard InChI is InChI=1S/C19H27N3O4/c1-13(14-11-21(12-14)17(23)26-19(2,3)4)20-15-6-5-7-16(10-15)22-8-9-25-18(22)24/h5-7,10,13-14,20H,8-9,11-12H2,1-4H3/t13-/m0/s1. The smallest absolute Gasteiger partial charge is 0.414 e. The number of nitrogens with one attached hydrogen (secondary N) is 1. The number of nitrogens with zero attached hydrogens (tertiary/aromatic N) is 2. The molecule has 1 N–H and O–H groups in total. The summed E-state index contributed by atoms with van der Waals surface area (Å²) in [6.45, 7) is 10.1. The molecule has 142 valence electrons. The monoisotopic (exact) mass is 361 g/mol. The van der Waals surface area contributed by atoms with Gasteiger partial charge in [0.05, 0.1) is 6.54 Å². The fourth-order valence-electron chi connectivity index (χ4n) is 3.08. The second-order valence-corrected chi connectivity index (χ2v) is 7.89. The van der Waals surface area contributed by atoms with Gasteiger partial charge in [0.25, 0.3) is 0 Å². The fraction of sp³-hybridized carbons (Fsp3) is 0.579. The van der Waals surface area contributed by atoms with E-state index in [1.165, 1.54) is 0 Å². The number of cyclic esters (lactones) is 1. The van der Waals surface area contributed by atoms with Gasteiger partial charge in [-0.05, 0) is 45.9 Å². The van der Waals surface area contributed by atoms with E-state index in [4.69, 9.17) is 9.47 Å². The van der Waals surface area contributed by atoms with Crippen molar-refractivity contribution in [3.63, 3.8) is 0 Å². The van der Waals surface area contributed by atoms with Crippen LogP contribution in [0.3, 0.4) is 0 Å². The Morgan fingerprint density at radius 3 is 2.69 bits per heavy atom. The average Bonchev–Trinajstić information content (AvgIpc) is 2.90. The van der Waals surface area contributed by atoms with E-state index in [9.17, 15) is 9.59 Å². The number of carbonyl (C=O) groups excluding carboxylic acids is 2. The molecule has 1 aromatic carbocycles. The van der Waals surface area contributed by atoms with Gasteiger partial charge in [-0.3, -0.25) is 4.90 Å². The zero-order valence-electron chi connectivity index (χ0n) is 15.8. The Kier molecular flexibility index (Phi) is 4.98. The lowest BCUT2D eigenvalue weighted by Crippen LogP contribution is -2.56. The number of amides is 2. The molecule has 7 heteroatoms. The Labute approximate surface area is 154 Å². The first kappa shape index (κ1) is 18.4. The molecule has 0 saturated carbocycles. The molecule has 26 heavy (non-hydrogen) atoms. The van der Waals surface area contributed by atoms with E-state index in [0.29, 0.717) is 32.2 Å². The summed E-state index contributed by atoms with van der Waals surface area (Å²) in [7, 11) is 0. The van der Waals surface area contributed by atoms with Crippen LogP contribution < -0.4 is 10.2 Å². The number of hydrogen-bond acceptors (Lipinski definition) is 5. The van der Waals surface area contributed by atoms with Gasteiger partial charge in [0.1, 0.15) is 12.2 Å². The summed E-state index contributed by atoms with van der Waals surface area (Å²) in [4.78, 5) is 27.1. The van der Waals surface area contributed by atoms with Crippen molar-refractivity contribution in [3.05, 3.63) is 24.3 Å². The van der Waals surface area contributed by atoms with Crippen molar-refractivity contribution >= 4 is 23.6 Å². The SMILES string of the molecule is C[C@H](Nc1cccc(N2CCOC2=O)c1)C1CN(C(=O)OC(C)(C)C)C1. The molecule has 2 saturated heterocycles. The molecule has 2 aliphatic heterocycles. The lowest BCUT2D eigenvalue weighted by atomic mass is 9.93. The van der Waals surface area contributed by atoms with Gasteiger partial charge in [-0.25, -0.2) is 9.59 Å². The Hall–Kier alpha value is -2.44. The molecule has 0 aliphatic carbocycles. The van der Waals surface area contributed by atoms with Crippen molar-refractivity contribution in [1.82, 2.24) is 4.90 Å². The predicted molar refractivity (Wildman–Crippen MR) is 99.5 cm³/mol. The number of rotatable bonds is 4. The summed E-state index contributed by atoms with van der Waals surface area (Å²) in [5.74, 6) is 0.364. The number of carbonyl (C=O) groups is 2. The van der Waals surface area contributed by atoms with Crippen LogP contribution in [-0.2, 0) is 9.47 Å². The summed E-state index contributed by atoms with van der Waals surface area (Å²) in [5.41, 5.74) is 1.31. The second-order valence-electron chi connectivity index (χ2n) is 7.89. The maximum absolute atomic E-state index is 12.0. The van der Waals surface area contributed by atoms with E-state index >= 15 is 0 Å². The third-order valence-electron chi connectivity index (χ3n) is 4.58. The molecule has 0 unspecified atom stereocenters. The molecule has 7 nitrogen and oxygen atoms in total. The highest BCUT2D eigenvalue weighted by molar-refractivity contribution is 5.89. The van der Waals surface area contributed by atoms with E-state index < -0.39 is 5.60 Å². The normalized spacial score (nSPS) is 19.0. The number of ether oxygens (including phenoxy) is 2. The molecule has 1 aromatic rings.